The normalized spacial score (nSPS) is 10.2. The van der Waals surface area contributed by atoms with Gasteiger partial charge in [-0.15, -0.1) is 11.8 Å². The predicted molar refractivity (Wildman–Crippen MR) is 79.4 cm³/mol. The fraction of sp³-hybridized carbons (Fsp3) is 0.167. The van der Waals surface area contributed by atoms with Gasteiger partial charge in [-0.05, 0) is 23.7 Å². The van der Waals surface area contributed by atoms with Gasteiger partial charge in [-0.1, -0.05) is 18.2 Å². The van der Waals surface area contributed by atoms with Crippen molar-refractivity contribution in [1.82, 2.24) is 9.97 Å². The van der Waals surface area contributed by atoms with E-state index in [1.54, 1.807) is 11.8 Å². The van der Waals surface area contributed by atoms with Gasteiger partial charge >= 0.3 is 5.69 Å². The van der Waals surface area contributed by atoms with Crippen molar-refractivity contribution in [2.75, 3.05) is 17.6 Å². The summed E-state index contributed by atoms with van der Waals surface area (Å²) in [5.74, 6) is 0.895. The minimum absolute atomic E-state index is 0.0196. The third-order valence-electron chi connectivity index (χ3n) is 2.34. The molecule has 1 aromatic heterocycles. The molecule has 0 fully saturated rings. The molecule has 0 saturated carbocycles. The smallest absolute Gasteiger partial charge is 0.329 e. The maximum absolute atomic E-state index is 10.8. The van der Waals surface area contributed by atoms with Gasteiger partial charge in [0.25, 0.3) is 0 Å². The number of anilines is 1. The van der Waals surface area contributed by atoms with Gasteiger partial charge in [0.05, 0.1) is 4.92 Å². The first-order valence-electron chi connectivity index (χ1n) is 5.75. The lowest BCUT2D eigenvalue weighted by molar-refractivity contribution is -0.384. The Labute approximate surface area is 124 Å². The van der Waals surface area contributed by atoms with E-state index in [9.17, 15) is 10.1 Å². The van der Waals surface area contributed by atoms with Crippen LogP contribution >= 0.6 is 23.4 Å². The molecule has 0 unspecified atom stereocenters. The van der Waals surface area contributed by atoms with Crippen molar-refractivity contribution in [2.45, 2.75) is 4.90 Å². The van der Waals surface area contributed by atoms with Crippen LogP contribution in [0.3, 0.4) is 0 Å². The van der Waals surface area contributed by atoms with Crippen molar-refractivity contribution < 1.29 is 4.92 Å². The number of aromatic nitrogens is 2. The minimum Gasteiger partial charge on any atom is -0.363 e. The van der Waals surface area contributed by atoms with Gasteiger partial charge in [0.15, 0.2) is 0 Å². The molecular weight excluding hydrogens is 300 g/mol. The van der Waals surface area contributed by atoms with E-state index >= 15 is 0 Å². The minimum atomic E-state index is -0.539. The lowest BCUT2D eigenvalue weighted by Crippen LogP contribution is -2.08. The Morgan fingerprint density at radius 2 is 2.10 bits per heavy atom. The third kappa shape index (κ3) is 4.07. The first-order chi connectivity index (χ1) is 9.66. The highest BCUT2D eigenvalue weighted by atomic mass is 35.5. The molecule has 1 aromatic carbocycles. The molecule has 0 aliphatic heterocycles. The van der Waals surface area contributed by atoms with E-state index in [1.807, 2.05) is 30.3 Å². The molecule has 2 aromatic rings. The lowest BCUT2D eigenvalue weighted by Gasteiger charge is -2.06. The van der Waals surface area contributed by atoms with Gasteiger partial charge in [0.2, 0.25) is 11.1 Å². The Morgan fingerprint density at radius 1 is 1.35 bits per heavy atom. The topological polar surface area (TPSA) is 81.0 Å². The summed E-state index contributed by atoms with van der Waals surface area (Å²) in [7, 11) is 0. The summed E-state index contributed by atoms with van der Waals surface area (Å²) in [6, 6.07) is 9.90. The molecule has 6 nitrogen and oxygen atoms in total. The van der Waals surface area contributed by atoms with Crippen LogP contribution in [0.1, 0.15) is 0 Å². The van der Waals surface area contributed by atoms with Crippen molar-refractivity contribution >= 4 is 34.9 Å². The lowest BCUT2D eigenvalue weighted by atomic mass is 10.4. The molecule has 104 valence electrons. The van der Waals surface area contributed by atoms with Crippen LogP contribution in [-0.4, -0.2) is 27.2 Å². The van der Waals surface area contributed by atoms with E-state index in [1.165, 1.54) is 0 Å². The molecule has 1 N–H and O–H groups in total. The molecule has 20 heavy (non-hydrogen) atoms. The van der Waals surface area contributed by atoms with Crippen LogP contribution in [0.5, 0.6) is 0 Å². The molecule has 0 aliphatic rings. The molecule has 0 radical (unpaired) electrons. The van der Waals surface area contributed by atoms with Gasteiger partial charge in [-0.3, -0.25) is 10.1 Å². The zero-order chi connectivity index (χ0) is 14.4. The monoisotopic (exact) mass is 310 g/mol. The number of hydrogen-bond acceptors (Lipinski definition) is 6. The van der Waals surface area contributed by atoms with Crippen LogP contribution in [-0.2, 0) is 0 Å². The summed E-state index contributed by atoms with van der Waals surface area (Å²) in [6.45, 7) is 0.535. The molecule has 8 heteroatoms. The third-order valence-corrected chi connectivity index (χ3v) is 3.54. The quantitative estimate of drug-likeness (QED) is 0.290. The van der Waals surface area contributed by atoms with Crippen molar-refractivity contribution in [3.63, 3.8) is 0 Å². The second-order valence-corrected chi connectivity index (χ2v) is 5.22. The predicted octanol–water partition coefficient (Wildman–Crippen LogP) is 3.24. The number of hydrogen-bond donors (Lipinski definition) is 1. The molecule has 1 heterocycles. The highest BCUT2D eigenvalue weighted by Crippen LogP contribution is 2.22. The van der Waals surface area contributed by atoms with Crippen molar-refractivity contribution in [2.24, 2.45) is 0 Å². The van der Waals surface area contributed by atoms with Crippen LogP contribution < -0.4 is 5.32 Å². The van der Waals surface area contributed by atoms with E-state index in [4.69, 9.17) is 11.6 Å². The maximum atomic E-state index is 10.8. The van der Waals surface area contributed by atoms with E-state index in [-0.39, 0.29) is 16.8 Å². The molecule has 0 saturated heterocycles. The van der Waals surface area contributed by atoms with Gasteiger partial charge in [0.1, 0.15) is 6.20 Å². The summed E-state index contributed by atoms with van der Waals surface area (Å²) in [6.07, 6.45) is 1.10. The fourth-order valence-electron chi connectivity index (χ4n) is 1.47. The molecule has 0 bridgehead atoms. The maximum Gasteiger partial charge on any atom is 0.329 e. The number of nitrogens with zero attached hydrogens (tertiary/aromatic N) is 3. The van der Waals surface area contributed by atoms with Crippen molar-refractivity contribution in [3.8, 4) is 0 Å². The average molecular weight is 311 g/mol. The average Bonchev–Trinajstić information content (AvgIpc) is 2.44. The Hall–Kier alpha value is -1.86. The Balaban J connectivity index is 1.91. The second-order valence-electron chi connectivity index (χ2n) is 3.72. The number of nitrogens with one attached hydrogen (secondary N) is 1. The molecule has 2 rings (SSSR count). The Kier molecular flexibility index (Phi) is 5.14. The number of rotatable bonds is 6. The van der Waals surface area contributed by atoms with Crippen molar-refractivity contribution in [1.29, 1.82) is 0 Å². The molecule has 0 atom stereocenters. The van der Waals surface area contributed by atoms with E-state index in [2.05, 4.69) is 15.3 Å². The summed E-state index contributed by atoms with van der Waals surface area (Å²) < 4.78 is 0. The summed E-state index contributed by atoms with van der Waals surface area (Å²) in [4.78, 5) is 18.9. The summed E-state index contributed by atoms with van der Waals surface area (Å²) >= 11 is 7.29. The zero-order valence-corrected chi connectivity index (χ0v) is 11.9. The van der Waals surface area contributed by atoms with Crippen LogP contribution in [0.2, 0.25) is 5.28 Å². The Morgan fingerprint density at radius 3 is 2.80 bits per heavy atom. The number of thioether (sulfide) groups is 1. The van der Waals surface area contributed by atoms with Crippen LogP contribution in [0, 0.1) is 10.1 Å². The first-order valence-corrected chi connectivity index (χ1v) is 7.12. The molecule has 0 amide bonds. The number of benzene rings is 1. The van der Waals surface area contributed by atoms with Gasteiger partial charge < -0.3 is 5.32 Å². The van der Waals surface area contributed by atoms with E-state index in [0.717, 1.165) is 16.8 Å². The van der Waals surface area contributed by atoms with Gasteiger partial charge in [-0.25, -0.2) is 4.98 Å². The molecule has 0 spiro atoms. The Bertz CT molecular complexity index is 597. The van der Waals surface area contributed by atoms with E-state index in [0.29, 0.717) is 6.54 Å². The number of nitro groups is 1. The second kappa shape index (κ2) is 7.06. The van der Waals surface area contributed by atoms with Gasteiger partial charge in [0, 0.05) is 17.2 Å². The standard InChI is InChI=1S/C12H11ClN4O2S/c13-12-15-8-10(17(18)19)11(16-12)14-6-7-20-9-4-2-1-3-5-9/h1-5,8H,6-7H2,(H,14,15,16). The summed E-state index contributed by atoms with van der Waals surface area (Å²) in [5, 5.41) is 13.7. The van der Waals surface area contributed by atoms with Crippen LogP contribution in [0.15, 0.2) is 41.4 Å². The highest BCUT2D eigenvalue weighted by molar-refractivity contribution is 7.99. The summed E-state index contributed by atoms with van der Waals surface area (Å²) in [5.41, 5.74) is -0.181. The molecule has 0 aliphatic carbocycles. The highest BCUT2D eigenvalue weighted by Gasteiger charge is 2.16. The molecular formula is C12H11ClN4O2S. The van der Waals surface area contributed by atoms with Crippen molar-refractivity contribution in [3.05, 3.63) is 51.9 Å². The van der Waals surface area contributed by atoms with Gasteiger partial charge in [-0.2, -0.15) is 4.98 Å². The fourth-order valence-corrected chi connectivity index (χ4v) is 2.40. The van der Waals surface area contributed by atoms with Crippen LogP contribution in [0.25, 0.3) is 0 Å². The SMILES string of the molecule is O=[N+]([O-])c1cnc(Cl)nc1NCCSc1ccccc1. The van der Waals surface area contributed by atoms with E-state index < -0.39 is 4.92 Å². The largest absolute Gasteiger partial charge is 0.363 e. The number of halogens is 1. The van der Waals surface area contributed by atoms with Crippen LogP contribution in [0.4, 0.5) is 11.5 Å². The zero-order valence-electron chi connectivity index (χ0n) is 10.3. The first kappa shape index (κ1) is 14.5.